The zero-order chi connectivity index (χ0) is 30.0. The highest BCUT2D eigenvalue weighted by atomic mass is 19.1. The summed E-state index contributed by atoms with van der Waals surface area (Å²) < 4.78 is 17.4. The molecular formula is C34H37FN6O2. The van der Waals surface area contributed by atoms with Crippen LogP contribution in [0, 0.1) is 17.2 Å². The maximum absolute atomic E-state index is 15.6. The van der Waals surface area contributed by atoms with Crippen molar-refractivity contribution in [3.63, 3.8) is 0 Å². The van der Waals surface area contributed by atoms with Crippen LogP contribution in [-0.4, -0.2) is 50.9 Å². The quantitative estimate of drug-likeness (QED) is 0.325. The smallest absolute Gasteiger partial charge is 0.273 e. The molecule has 7 rings (SSSR count). The van der Waals surface area contributed by atoms with Gasteiger partial charge in [0.15, 0.2) is 5.65 Å². The number of fused-ring (bicyclic) bond motifs is 2. The second kappa shape index (κ2) is 10.2. The number of primary amides is 1. The van der Waals surface area contributed by atoms with E-state index in [1.807, 2.05) is 43.0 Å². The molecule has 3 aliphatic rings. The van der Waals surface area contributed by atoms with Gasteiger partial charge in [0.25, 0.3) is 5.91 Å². The number of rotatable bonds is 6. The second-order valence-corrected chi connectivity index (χ2v) is 12.9. The number of benzene rings is 2. The van der Waals surface area contributed by atoms with E-state index in [1.54, 1.807) is 22.7 Å². The normalized spacial score (nSPS) is 20.5. The summed E-state index contributed by atoms with van der Waals surface area (Å²) in [6.45, 7) is 7.86. The maximum Gasteiger partial charge on any atom is 0.273 e. The van der Waals surface area contributed by atoms with Crippen LogP contribution in [0.4, 0.5) is 10.1 Å². The van der Waals surface area contributed by atoms with Crippen LogP contribution < -0.4 is 10.6 Å². The van der Waals surface area contributed by atoms with Crippen molar-refractivity contribution in [1.29, 1.82) is 0 Å². The molecule has 2 aliphatic heterocycles. The molecule has 2 atom stereocenters. The Morgan fingerprint density at radius 3 is 2.56 bits per heavy atom. The summed E-state index contributed by atoms with van der Waals surface area (Å²) in [5.41, 5.74) is 11.0. The molecular weight excluding hydrogens is 543 g/mol. The summed E-state index contributed by atoms with van der Waals surface area (Å²) in [4.78, 5) is 34.5. The number of nitrogens with zero attached hydrogens (tertiary/aromatic N) is 5. The first-order valence-electron chi connectivity index (χ1n) is 15.3. The average molecular weight is 581 g/mol. The molecule has 2 amide bonds. The minimum absolute atomic E-state index is 0.0410. The standard InChI is InChI=1S/C34H37FN6O2/c1-20-25-7-5-4-6-21(25)12-15-40(20)32(42)29-17-30(22-8-9-22)41-31(37-29)18-28(38-41)26-11-10-24(16-27(26)35)39-14-13-23(19-39)34(2,3)33(36)43/h4-7,10-11,16-18,20,22-23H,8-9,12-15,19H2,1-3H3,(H2,36,43)/t20-,23+/m1/s1. The van der Waals surface area contributed by atoms with Crippen molar-refractivity contribution in [3.8, 4) is 11.3 Å². The Labute approximate surface area is 250 Å². The molecule has 0 spiro atoms. The van der Waals surface area contributed by atoms with Crippen molar-refractivity contribution < 1.29 is 14.0 Å². The lowest BCUT2D eigenvalue weighted by Gasteiger charge is -2.35. The van der Waals surface area contributed by atoms with E-state index in [0.29, 0.717) is 41.6 Å². The van der Waals surface area contributed by atoms with Gasteiger partial charge >= 0.3 is 0 Å². The molecule has 43 heavy (non-hydrogen) atoms. The number of nitrogens with two attached hydrogens (primary N) is 1. The Bertz CT molecular complexity index is 1760. The highest BCUT2D eigenvalue weighted by Crippen LogP contribution is 2.41. The van der Waals surface area contributed by atoms with Crippen LogP contribution in [0.3, 0.4) is 0 Å². The third-order valence-electron chi connectivity index (χ3n) is 9.96. The van der Waals surface area contributed by atoms with Crippen molar-refractivity contribution in [3.05, 3.63) is 82.9 Å². The predicted octanol–water partition coefficient (Wildman–Crippen LogP) is 5.51. The molecule has 0 unspecified atom stereocenters. The van der Waals surface area contributed by atoms with Gasteiger partial charge in [-0.05, 0) is 73.9 Å². The van der Waals surface area contributed by atoms with E-state index in [0.717, 1.165) is 43.6 Å². The van der Waals surface area contributed by atoms with E-state index in [-0.39, 0.29) is 29.6 Å². The van der Waals surface area contributed by atoms with Gasteiger partial charge in [-0.3, -0.25) is 9.59 Å². The van der Waals surface area contributed by atoms with Crippen LogP contribution in [0.2, 0.25) is 0 Å². The number of aromatic nitrogens is 3. The number of hydrogen-bond donors (Lipinski definition) is 1. The van der Waals surface area contributed by atoms with Gasteiger partial charge in [0.1, 0.15) is 11.5 Å². The molecule has 9 heteroatoms. The van der Waals surface area contributed by atoms with Crippen LogP contribution in [0.15, 0.2) is 54.6 Å². The van der Waals surface area contributed by atoms with Gasteiger partial charge in [0.05, 0.1) is 11.7 Å². The van der Waals surface area contributed by atoms with Crippen LogP contribution >= 0.6 is 0 Å². The summed E-state index contributed by atoms with van der Waals surface area (Å²) >= 11 is 0. The minimum atomic E-state index is -0.618. The van der Waals surface area contributed by atoms with Crippen LogP contribution in [0.5, 0.6) is 0 Å². The SMILES string of the molecule is C[C@@H]1c2ccccc2CCN1C(=O)c1cc(C2CC2)n2nc(-c3ccc(N4CC[C@H](C(C)(C)C(N)=O)C4)cc3F)cc2n1. The molecule has 1 saturated heterocycles. The monoisotopic (exact) mass is 580 g/mol. The summed E-state index contributed by atoms with van der Waals surface area (Å²) in [6, 6.07) is 17.1. The molecule has 1 saturated carbocycles. The zero-order valence-electron chi connectivity index (χ0n) is 24.9. The number of carbonyl (C=O) groups excluding carboxylic acids is 2. The number of amides is 2. The fourth-order valence-corrected chi connectivity index (χ4v) is 6.80. The first-order chi connectivity index (χ1) is 20.6. The second-order valence-electron chi connectivity index (χ2n) is 12.9. The third-order valence-corrected chi connectivity index (χ3v) is 9.96. The molecule has 222 valence electrons. The van der Waals surface area contributed by atoms with E-state index in [1.165, 1.54) is 11.1 Å². The summed E-state index contributed by atoms with van der Waals surface area (Å²) in [6.07, 6.45) is 3.70. The molecule has 2 aromatic heterocycles. The Morgan fingerprint density at radius 1 is 1.02 bits per heavy atom. The van der Waals surface area contributed by atoms with E-state index >= 15 is 4.39 Å². The average Bonchev–Trinajstić information content (AvgIpc) is 3.54. The lowest BCUT2D eigenvalue weighted by atomic mass is 9.78. The fraction of sp³-hybridized carbons (Fsp3) is 0.412. The molecule has 8 nitrogen and oxygen atoms in total. The molecule has 4 aromatic rings. The van der Waals surface area contributed by atoms with Crippen molar-refractivity contribution in [2.45, 2.75) is 58.4 Å². The van der Waals surface area contributed by atoms with Gasteiger partial charge in [0, 0.05) is 54.0 Å². The van der Waals surface area contributed by atoms with Crippen molar-refractivity contribution in [2.75, 3.05) is 24.5 Å². The number of anilines is 1. The van der Waals surface area contributed by atoms with E-state index in [4.69, 9.17) is 15.8 Å². The topological polar surface area (TPSA) is 96.8 Å². The van der Waals surface area contributed by atoms with Crippen molar-refractivity contribution in [2.24, 2.45) is 17.1 Å². The van der Waals surface area contributed by atoms with Crippen molar-refractivity contribution >= 4 is 23.1 Å². The Morgan fingerprint density at radius 2 is 1.81 bits per heavy atom. The van der Waals surface area contributed by atoms with E-state index < -0.39 is 5.41 Å². The van der Waals surface area contributed by atoms with Gasteiger partial charge in [-0.2, -0.15) is 5.10 Å². The Balaban J connectivity index is 1.18. The number of hydrogen-bond acceptors (Lipinski definition) is 5. The number of carbonyl (C=O) groups is 2. The van der Waals surface area contributed by atoms with Gasteiger partial charge in [-0.1, -0.05) is 38.1 Å². The van der Waals surface area contributed by atoms with Gasteiger partial charge in [0.2, 0.25) is 5.91 Å². The maximum atomic E-state index is 15.6. The lowest BCUT2D eigenvalue weighted by Crippen LogP contribution is -2.39. The summed E-state index contributed by atoms with van der Waals surface area (Å²) in [7, 11) is 0. The van der Waals surface area contributed by atoms with Gasteiger partial charge in [-0.15, -0.1) is 0 Å². The first-order valence-corrected chi connectivity index (χ1v) is 15.3. The summed E-state index contributed by atoms with van der Waals surface area (Å²) in [5.74, 6) is -0.355. The lowest BCUT2D eigenvalue weighted by molar-refractivity contribution is -0.128. The summed E-state index contributed by atoms with van der Waals surface area (Å²) in [5, 5.41) is 4.78. The van der Waals surface area contributed by atoms with E-state index in [2.05, 4.69) is 24.0 Å². The molecule has 4 heterocycles. The van der Waals surface area contributed by atoms with Gasteiger partial charge in [-0.25, -0.2) is 13.9 Å². The largest absolute Gasteiger partial charge is 0.371 e. The van der Waals surface area contributed by atoms with Crippen LogP contribution in [-0.2, 0) is 11.2 Å². The molecule has 2 N–H and O–H groups in total. The zero-order valence-corrected chi connectivity index (χ0v) is 24.9. The molecule has 1 aliphatic carbocycles. The molecule has 0 bridgehead atoms. The molecule has 2 aromatic carbocycles. The van der Waals surface area contributed by atoms with Crippen LogP contribution in [0.1, 0.15) is 79.3 Å². The highest BCUT2D eigenvalue weighted by Gasteiger charge is 2.39. The first kappa shape index (κ1) is 27.6. The van der Waals surface area contributed by atoms with Crippen LogP contribution in [0.25, 0.3) is 16.9 Å². The predicted molar refractivity (Wildman–Crippen MR) is 163 cm³/mol. The highest BCUT2D eigenvalue weighted by molar-refractivity contribution is 5.93. The van der Waals surface area contributed by atoms with Crippen molar-refractivity contribution in [1.82, 2.24) is 19.5 Å². The third kappa shape index (κ3) is 4.75. The van der Waals surface area contributed by atoms with Gasteiger partial charge < -0.3 is 15.5 Å². The molecule has 0 radical (unpaired) electrons. The Kier molecular flexibility index (Phi) is 6.52. The van der Waals surface area contributed by atoms with E-state index in [9.17, 15) is 9.59 Å². The fourth-order valence-electron chi connectivity index (χ4n) is 6.80. The number of halogens is 1. The minimum Gasteiger partial charge on any atom is -0.371 e. The Hall–Kier alpha value is -4.27. The molecule has 2 fully saturated rings.